The Kier molecular flexibility index (Phi) is 9.29. The van der Waals surface area contributed by atoms with Crippen molar-refractivity contribution in [1.29, 1.82) is 0 Å². The highest BCUT2D eigenvalue weighted by molar-refractivity contribution is 5.79. The molecule has 0 heterocycles. The van der Waals surface area contributed by atoms with Gasteiger partial charge < -0.3 is 20.4 Å². The average molecular weight is 376 g/mol. The summed E-state index contributed by atoms with van der Waals surface area (Å²) in [6.45, 7) is 6.94. The van der Waals surface area contributed by atoms with E-state index in [1.165, 1.54) is 13.8 Å². The first-order valence-electron chi connectivity index (χ1n) is 8.47. The molecule has 0 saturated carbocycles. The molecule has 2 amide bonds. The Morgan fingerprint density at radius 1 is 0.731 bits per heavy atom. The maximum atomic E-state index is 12.5. The maximum Gasteiger partial charge on any atom is 0.247 e. The number of amides is 2. The lowest BCUT2D eigenvalue weighted by atomic mass is 10.0. The van der Waals surface area contributed by atoms with Crippen LogP contribution < -0.4 is 0 Å². The first kappa shape index (κ1) is 24.4. The van der Waals surface area contributed by atoms with Gasteiger partial charge in [-0.2, -0.15) is 0 Å². The van der Waals surface area contributed by atoms with Crippen LogP contribution in [0.25, 0.3) is 0 Å². The van der Waals surface area contributed by atoms with E-state index in [1.54, 1.807) is 27.7 Å². The zero-order valence-corrected chi connectivity index (χ0v) is 16.4. The minimum absolute atomic E-state index is 0.511. The highest BCUT2D eigenvalue weighted by atomic mass is 16.3. The zero-order valence-electron chi connectivity index (χ0n) is 16.4. The van der Waals surface area contributed by atoms with Crippen molar-refractivity contribution < 1.29 is 30.0 Å². The number of nitrogens with zero attached hydrogens (tertiary/aromatic N) is 4. The first-order chi connectivity index (χ1) is 11.9. The van der Waals surface area contributed by atoms with Gasteiger partial charge >= 0.3 is 0 Å². The molecule has 0 atom stereocenters. The van der Waals surface area contributed by atoms with E-state index in [2.05, 4.69) is 10.4 Å². The number of rotatable bonds is 10. The summed E-state index contributed by atoms with van der Waals surface area (Å²) < 4.78 is 0. The van der Waals surface area contributed by atoms with Crippen molar-refractivity contribution in [2.45, 2.75) is 52.6 Å². The van der Waals surface area contributed by atoms with Crippen molar-refractivity contribution in [1.82, 2.24) is 10.0 Å². The van der Waals surface area contributed by atoms with Crippen LogP contribution in [0.2, 0.25) is 0 Å². The van der Waals surface area contributed by atoms with E-state index < -0.39 is 61.2 Å². The minimum atomic E-state index is -1.44. The van der Waals surface area contributed by atoms with Crippen molar-refractivity contribution in [2.24, 2.45) is 22.3 Å². The summed E-state index contributed by atoms with van der Waals surface area (Å²) in [6, 6.07) is 0. The molecule has 0 spiro atoms. The zero-order chi connectivity index (χ0) is 20.7. The molecule has 0 aliphatic carbocycles. The molecule has 4 N–H and O–H groups in total. The van der Waals surface area contributed by atoms with Gasteiger partial charge in [0.25, 0.3) is 0 Å². The average Bonchev–Trinajstić information content (AvgIpc) is 2.62. The number of aliphatic hydroxyl groups excluding tert-OH is 4. The normalized spacial score (nSPS) is 12.9. The summed E-state index contributed by atoms with van der Waals surface area (Å²) in [5.41, 5.74) is -2.88. The highest BCUT2D eigenvalue weighted by Gasteiger charge is 2.39. The van der Waals surface area contributed by atoms with E-state index in [9.17, 15) is 30.0 Å². The van der Waals surface area contributed by atoms with Crippen LogP contribution in [0.4, 0.5) is 0 Å². The van der Waals surface area contributed by atoms with E-state index in [1.807, 2.05) is 0 Å². The molecular formula is C16H32N4O6. The second kappa shape index (κ2) is 9.91. The van der Waals surface area contributed by atoms with Crippen LogP contribution in [0.3, 0.4) is 0 Å². The Balaban J connectivity index is 6.10. The standard InChI is InChI=1S/C16H32N4O6/c1-11(2)13(25)19(15(5,7-21)8-22)17-18-20(14(26)12(3)4)16(6,9-23)10-24/h11-12,21-24H,7-10H2,1-6H3. The van der Waals surface area contributed by atoms with Gasteiger partial charge in [0.1, 0.15) is 11.1 Å². The van der Waals surface area contributed by atoms with Crippen molar-refractivity contribution >= 4 is 11.8 Å². The third-order valence-electron chi connectivity index (χ3n) is 4.01. The van der Waals surface area contributed by atoms with Gasteiger partial charge in [0.05, 0.1) is 26.4 Å². The fraction of sp³-hybridized carbons (Fsp3) is 0.875. The fourth-order valence-corrected chi connectivity index (χ4v) is 1.77. The predicted molar refractivity (Wildman–Crippen MR) is 93.4 cm³/mol. The van der Waals surface area contributed by atoms with Crippen LogP contribution in [-0.2, 0) is 9.59 Å². The monoisotopic (exact) mass is 376 g/mol. The Labute approximate surface area is 154 Å². The molecule has 0 fully saturated rings. The number of hydrogen-bond donors (Lipinski definition) is 4. The quantitative estimate of drug-likeness (QED) is 0.305. The van der Waals surface area contributed by atoms with E-state index >= 15 is 0 Å². The molecule has 10 heteroatoms. The lowest BCUT2D eigenvalue weighted by Crippen LogP contribution is -2.55. The highest BCUT2D eigenvalue weighted by Crippen LogP contribution is 2.22. The molecule has 0 bridgehead atoms. The minimum Gasteiger partial charge on any atom is -0.394 e. The third kappa shape index (κ3) is 5.44. The van der Waals surface area contributed by atoms with Crippen molar-refractivity contribution in [3.05, 3.63) is 0 Å². The summed E-state index contributed by atoms with van der Waals surface area (Å²) in [7, 11) is 0. The lowest BCUT2D eigenvalue weighted by Gasteiger charge is -2.37. The molecule has 0 aromatic carbocycles. The van der Waals surface area contributed by atoms with Crippen molar-refractivity contribution in [3.8, 4) is 0 Å². The molecule has 0 aliphatic rings. The number of carbonyl (C=O) groups is 2. The summed E-state index contributed by atoms with van der Waals surface area (Å²) in [6.07, 6.45) is 0. The summed E-state index contributed by atoms with van der Waals surface area (Å²) in [5, 5.41) is 47.6. The van der Waals surface area contributed by atoms with Gasteiger partial charge in [-0.1, -0.05) is 27.7 Å². The predicted octanol–water partition coefficient (Wildman–Crippen LogP) is -0.276. The Morgan fingerprint density at radius 2 is 0.962 bits per heavy atom. The van der Waals surface area contributed by atoms with Gasteiger partial charge in [0.2, 0.25) is 11.8 Å². The first-order valence-corrected chi connectivity index (χ1v) is 8.47. The Bertz CT molecular complexity index is 457. The number of aliphatic hydroxyl groups is 4. The van der Waals surface area contributed by atoms with Gasteiger partial charge in [-0.05, 0) is 24.3 Å². The van der Waals surface area contributed by atoms with E-state index in [4.69, 9.17) is 0 Å². The van der Waals surface area contributed by atoms with E-state index in [0.717, 1.165) is 10.0 Å². The molecule has 152 valence electrons. The van der Waals surface area contributed by atoms with Crippen LogP contribution in [-0.4, -0.2) is 79.8 Å². The van der Waals surface area contributed by atoms with Crippen LogP contribution in [0.5, 0.6) is 0 Å². The summed E-state index contributed by atoms with van der Waals surface area (Å²) in [4.78, 5) is 24.9. The van der Waals surface area contributed by atoms with Crippen LogP contribution in [0.1, 0.15) is 41.5 Å². The van der Waals surface area contributed by atoms with Crippen molar-refractivity contribution in [3.63, 3.8) is 0 Å². The number of carbonyl (C=O) groups excluding carboxylic acids is 2. The summed E-state index contributed by atoms with van der Waals surface area (Å²) in [5.74, 6) is -2.07. The summed E-state index contributed by atoms with van der Waals surface area (Å²) >= 11 is 0. The molecular weight excluding hydrogens is 344 g/mol. The second-order valence-corrected chi connectivity index (χ2v) is 7.41. The lowest BCUT2D eigenvalue weighted by molar-refractivity contribution is -0.152. The molecule has 0 saturated heterocycles. The molecule has 0 aromatic heterocycles. The Hall–Kier alpha value is -1.62. The third-order valence-corrected chi connectivity index (χ3v) is 4.01. The number of hydrogen-bond acceptors (Lipinski definition) is 8. The van der Waals surface area contributed by atoms with Gasteiger partial charge in [0.15, 0.2) is 0 Å². The maximum absolute atomic E-state index is 12.5. The molecule has 0 aromatic rings. The molecule has 0 aliphatic heterocycles. The van der Waals surface area contributed by atoms with Gasteiger partial charge in [-0.25, -0.2) is 10.0 Å². The molecule has 0 radical (unpaired) electrons. The largest absolute Gasteiger partial charge is 0.394 e. The van der Waals surface area contributed by atoms with Gasteiger partial charge in [0, 0.05) is 11.8 Å². The Morgan fingerprint density at radius 3 is 1.12 bits per heavy atom. The van der Waals surface area contributed by atoms with E-state index in [-0.39, 0.29) is 0 Å². The molecule has 0 unspecified atom stereocenters. The fourth-order valence-electron chi connectivity index (χ4n) is 1.77. The van der Waals surface area contributed by atoms with E-state index in [0.29, 0.717) is 0 Å². The smallest absolute Gasteiger partial charge is 0.247 e. The van der Waals surface area contributed by atoms with Gasteiger partial charge in [-0.3, -0.25) is 9.59 Å². The SMILES string of the molecule is CC(C)C(=O)N(N=NN(C(=O)C(C)C)C(C)(CO)CO)C(C)(CO)CO. The molecule has 26 heavy (non-hydrogen) atoms. The van der Waals surface area contributed by atoms with Crippen LogP contribution in [0.15, 0.2) is 10.4 Å². The topological polar surface area (TPSA) is 146 Å². The van der Waals surface area contributed by atoms with Gasteiger partial charge in [-0.15, -0.1) is 0 Å². The molecule has 10 nitrogen and oxygen atoms in total. The van der Waals surface area contributed by atoms with Crippen molar-refractivity contribution in [2.75, 3.05) is 26.4 Å². The molecule has 0 rings (SSSR count). The van der Waals surface area contributed by atoms with Crippen LogP contribution >= 0.6 is 0 Å². The van der Waals surface area contributed by atoms with Crippen LogP contribution in [0, 0.1) is 11.8 Å². The second-order valence-electron chi connectivity index (χ2n) is 7.41.